The topological polar surface area (TPSA) is 68.0 Å². The van der Waals surface area contributed by atoms with Crippen LogP contribution in [0.5, 0.6) is 0 Å². The lowest BCUT2D eigenvalue weighted by molar-refractivity contribution is -0.0272. The van der Waals surface area contributed by atoms with E-state index in [0.29, 0.717) is 6.61 Å². The summed E-state index contributed by atoms with van der Waals surface area (Å²) in [5, 5.41) is 14.8. The molecule has 2 N–H and O–H groups in total. The molecule has 1 aliphatic rings. The number of nitrogens with one attached hydrogen (secondary N) is 1. The van der Waals surface area contributed by atoms with E-state index >= 15 is 0 Å². The Balaban J connectivity index is 1.91. The van der Waals surface area contributed by atoms with Crippen molar-refractivity contribution in [3.05, 3.63) is 64.6 Å². The number of anilines is 1. The molecular formula is C21H25N3O3. The van der Waals surface area contributed by atoms with Crippen LogP contribution in [0.15, 0.2) is 36.8 Å². The number of hydrogen-bond donors (Lipinski definition) is 2. The van der Waals surface area contributed by atoms with Gasteiger partial charge in [0.15, 0.2) is 5.65 Å². The zero-order valence-corrected chi connectivity index (χ0v) is 16.1. The number of fused-ring (bicyclic) bond motifs is 3. The number of aryl methyl sites for hydroxylation is 1. The van der Waals surface area contributed by atoms with Crippen LogP contribution < -0.4 is 5.32 Å². The molecule has 2 aromatic heterocycles. The number of methoxy groups -OCH3 is 2. The SMILES string of the molecule is COCc1ccc(C)c(C)c1[C@H]1Nc2c(ccn3ccnc23)[C@@H](OC)[C@@H]1O. The molecule has 0 amide bonds. The van der Waals surface area contributed by atoms with Crippen LogP contribution in [0.4, 0.5) is 5.69 Å². The van der Waals surface area contributed by atoms with Gasteiger partial charge >= 0.3 is 0 Å². The number of nitrogens with zero attached hydrogens (tertiary/aromatic N) is 2. The van der Waals surface area contributed by atoms with Crippen molar-refractivity contribution < 1.29 is 14.6 Å². The molecule has 0 fully saturated rings. The molecular weight excluding hydrogens is 342 g/mol. The van der Waals surface area contributed by atoms with Gasteiger partial charge in [-0.05, 0) is 42.2 Å². The van der Waals surface area contributed by atoms with Gasteiger partial charge in [0.25, 0.3) is 0 Å². The predicted molar refractivity (Wildman–Crippen MR) is 104 cm³/mol. The minimum atomic E-state index is -0.740. The third-order valence-electron chi connectivity index (χ3n) is 5.59. The number of aliphatic hydroxyl groups excluding tert-OH is 1. The van der Waals surface area contributed by atoms with E-state index in [0.717, 1.165) is 33.6 Å². The number of hydrogen-bond acceptors (Lipinski definition) is 5. The molecule has 3 atom stereocenters. The molecule has 6 nitrogen and oxygen atoms in total. The fourth-order valence-electron chi connectivity index (χ4n) is 4.10. The van der Waals surface area contributed by atoms with Crippen LogP contribution in [-0.4, -0.2) is 34.8 Å². The van der Waals surface area contributed by atoms with Crippen molar-refractivity contribution in [2.24, 2.45) is 0 Å². The fourth-order valence-corrected chi connectivity index (χ4v) is 4.10. The lowest BCUT2D eigenvalue weighted by Gasteiger charge is -2.39. The van der Waals surface area contributed by atoms with Gasteiger partial charge in [-0.1, -0.05) is 12.1 Å². The average molecular weight is 367 g/mol. The van der Waals surface area contributed by atoms with Gasteiger partial charge < -0.3 is 24.3 Å². The molecule has 0 bridgehead atoms. The second-order valence-electron chi connectivity index (χ2n) is 7.09. The molecule has 0 unspecified atom stereocenters. The number of benzene rings is 1. The summed E-state index contributed by atoms with van der Waals surface area (Å²) in [4.78, 5) is 4.49. The Kier molecular flexibility index (Phi) is 4.63. The van der Waals surface area contributed by atoms with Gasteiger partial charge in [-0.25, -0.2) is 4.98 Å². The Bertz CT molecular complexity index is 982. The van der Waals surface area contributed by atoms with Gasteiger partial charge in [0.05, 0.1) is 18.3 Å². The lowest BCUT2D eigenvalue weighted by atomic mass is 9.84. The second-order valence-corrected chi connectivity index (χ2v) is 7.09. The molecule has 0 saturated heterocycles. The molecule has 0 spiro atoms. The highest BCUT2D eigenvalue weighted by atomic mass is 16.5. The van der Waals surface area contributed by atoms with Crippen molar-refractivity contribution in [1.82, 2.24) is 9.38 Å². The molecule has 4 rings (SSSR count). The maximum absolute atomic E-state index is 11.2. The highest BCUT2D eigenvalue weighted by Crippen LogP contribution is 2.44. The van der Waals surface area contributed by atoms with E-state index in [1.54, 1.807) is 20.4 Å². The second kappa shape index (κ2) is 6.96. The first-order chi connectivity index (χ1) is 13.1. The van der Waals surface area contributed by atoms with Crippen molar-refractivity contribution in [3.63, 3.8) is 0 Å². The molecule has 0 radical (unpaired) electrons. The van der Waals surface area contributed by atoms with E-state index in [-0.39, 0.29) is 6.04 Å². The monoisotopic (exact) mass is 367 g/mol. The van der Waals surface area contributed by atoms with Gasteiger partial charge in [0, 0.05) is 38.4 Å². The Hall–Kier alpha value is -2.41. The summed E-state index contributed by atoms with van der Waals surface area (Å²) >= 11 is 0. The van der Waals surface area contributed by atoms with Crippen molar-refractivity contribution in [2.45, 2.75) is 38.7 Å². The number of aliphatic hydroxyl groups is 1. The predicted octanol–water partition coefficient (Wildman–Crippen LogP) is 3.31. The summed E-state index contributed by atoms with van der Waals surface area (Å²) in [6.07, 6.45) is 4.44. The van der Waals surface area contributed by atoms with E-state index in [1.165, 1.54) is 5.56 Å². The van der Waals surface area contributed by atoms with Gasteiger partial charge in [0.2, 0.25) is 0 Å². The van der Waals surface area contributed by atoms with Crippen LogP contribution in [0.3, 0.4) is 0 Å². The van der Waals surface area contributed by atoms with Gasteiger partial charge in [0.1, 0.15) is 12.2 Å². The number of pyridine rings is 1. The fraction of sp³-hybridized carbons (Fsp3) is 0.381. The standard InChI is InChI=1S/C21H25N3O3/c1-12-5-6-14(11-26-3)16(13(12)2)18-19(25)20(27-4)15-7-9-24-10-8-22-21(24)17(15)23-18/h5-10,18-20,23,25H,11H2,1-4H3/t18-,19-,20-/m1/s1. The van der Waals surface area contributed by atoms with Crippen LogP contribution in [0.2, 0.25) is 0 Å². The first-order valence-corrected chi connectivity index (χ1v) is 9.07. The Morgan fingerprint density at radius 2 is 2.00 bits per heavy atom. The number of imidazole rings is 1. The van der Waals surface area contributed by atoms with Gasteiger partial charge in [-0.15, -0.1) is 0 Å². The maximum atomic E-state index is 11.2. The average Bonchev–Trinajstić information content (AvgIpc) is 3.14. The Labute approximate surface area is 158 Å². The van der Waals surface area contributed by atoms with Crippen LogP contribution in [0.25, 0.3) is 5.65 Å². The minimum Gasteiger partial charge on any atom is -0.388 e. The first kappa shape index (κ1) is 18.0. The zero-order chi connectivity index (χ0) is 19.1. The normalized spacial score (nSPS) is 21.9. The number of rotatable bonds is 4. The van der Waals surface area contributed by atoms with E-state index < -0.39 is 12.2 Å². The van der Waals surface area contributed by atoms with Crippen molar-refractivity contribution in [3.8, 4) is 0 Å². The van der Waals surface area contributed by atoms with Gasteiger partial charge in [-0.3, -0.25) is 0 Å². The third kappa shape index (κ3) is 2.81. The summed E-state index contributed by atoms with van der Waals surface area (Å²) in [6.45, 7) is 4.66. The Morgan fingerprint density at radius 3 is 2.74 bits per heavy atom. The molecule has 0 saturated carbocycles. The van der Waals surface area contributed by atoms with E-state index in [4.69, 9.17) is 9.47 Å². The largest absolute Gasteiger partial charge is 0.388 e. The minimum absolute atomic E-state index is 0.324. The smallest absolute Gasteiger partial charge is 0.160 e. The summed E-state index contributed by atoms with van der Waals surface area (Å²) in [6, 6.07) is 5.82. The van der Waals surface area contributed by atoms with E-state index in [1.807, 2.05) is 22.9 Å². The summed E-state index contributed by atoms with van der Waals surface area (Å²) in [5.41, 5.74) is 7.08. The van der Waals surface area contributed by atoms with Crippen LogP contribution in [0, 0.1) is 13.8 Å². The molecule has 142 valence electrons. The zero-order valence-electron chi connectivity index (χ0n) is 16.1. The molecule has 1 aliphatic heterocycles. The van der Waals surface area contributed by atoms with Crippen molar-refractivity contribution >= 4 is 11.3 Å². The summed E-state index contributed by atoms with van der Waals surface area (Å²) in [5.74, 6) is 0. The summed E-state index contributed by atoms with van der Waals surface area (Å²) in [7, 11) is 3.32. The van der Waals surface area contributed by atoms with Gasteiger partial charge in [-0.2, -0.15) is 0 Å². The molecule has 0 aliphatic carbocycles. The maximum Gasteiger partial charge on any atom is 0.160 e. The van der Waals surface area contributed by atoms with E-state index in [2.05, 4.69) is 36.3 Å². The molecule has 1 aromatic carbocycles. The third-order valence-corrected chi connectivity index (χ3v) is 5.59. The molecule has 3 aromatic rings. The highest BCUT2D eigenvalue weighted by molar-refractivity contribution is 5.74. The van der Waals surface area contributed by atoms with Crippen LogP contribution in [0.1, 0.15) is 40.0 Å². The summed E-state index contributed by atoms with van der Waals surface area (Å²) < 4.78 is 13.1. The first-order valence-electron chi connectivity index (χ1n) is 9.07. The molecule has 3 heterocycles. The number of ether oxygens (including phenoxy) is 2. The van der Waals surface area contributed by atoms with Crippen LogP contribution >= 0.6 is 0 Å². The van der Waals surface area contributed by atoms with E-state index in [9.17, 15) is 5.11 Å². The van der Waals surface area contributed by atoms with Crippen LogP contribution in [-0.2, 0) is 16.1 Å². The molecule has 27 heavy (non-hydrogen) atoms. The Morgan fingerprint density at radius 1 is 1.19 bits per heavy atom. The van der Waals surface area contributed by atoms with Crippen molar-refractivity contribution in [2.75, 3.05) is 19.5 Å². The quantitative estimate of drug-likeness (QED) is 0.740. The lowest BCUT2D eigenvalue weighted by Crippen LogP contribution is -2.38. The highest BCUT2D eigenvalue weighted by Gasteiger charge is 2.39. The number of aromatic nitrogens is 2. The molecule has 6 heteroatoms. The van der Waals surface area contributed by atoms with Crippen molar-refractivity contribution in [1.29, 1.82) is 0 Å².